The van der Waals surface area contributed by atoms with Gasteiger partial charge in [-0.1, -0.05) is 32.9 Å². The predicted octanol–water partition coefficient (Wildman–Crippen LogP) is 4.05. The summed E-state index contributed by atoms with van der Waals surface area (Å²) in [5, 5.41) is 0. The number of hydrogen-bond acceptors (Lipinski definition) is 0. The molecule has 1 heteroatoms. The third-order valence-corrected chi connectivity index (χ3v) is 2.37. The lowest BCUT2D eigenvalue weighted by Crippen LogP contribution is -2.03. The van der Waals surface area contributed by atoms with E-state index in [-0.39, 0.29) is 5.82 Å². The molecule has 1 aromatic rings. The zero-order chi connectivity index (χ0) is 10.6. The molecule has 78 valence electrons. The molecule has 1 aromatic carbocycles. The van der Waals surface area contributed by atoms with E-state index < -0.39 is 0 Å². The molecule has 0 aliphatic carbocycles. The molecule has 0 radical (unpaired) electrons. The van der Waals surface area contributed by atoms with Crippen LogP contribution in [0.15, 0.2) is 24.3 Å². The summed E-state index contributed by atoms with van der Waals surface area (Å²) >= 11 is 0. The van der Waals surface area contributed by atoms with Crippen LogP contribution in [-0.2, 0) is 6.42 Å². The van der Waals surface area contributed by atoms with Crippen LogP contribution >= 0.6 is 0 Å². The summed E-state index contributed by atoms with van der Waals surface area (Å²) in [6.45, 7) is 6.73. The molecule has 0 amide bonds. The minimum atomic E-state index is -0.148. The fourth-order valence-electron chi connectivity index (χ4n) is 1.91. The largest absolute Gasteiger partial charge is 0.207 e. The number of rotatable bonds is 4. The predicted molar refractivity (Wildman–Crippen MR) is 58.7 cm³/mol. The van der Waals surface area contributed by atoms with Gasteiger partial charge in [-0.25, -0.2) is 4.39 Å². The molecule has 1 rings (SSSR count). The number of halogens is 1. The summed E-state index contributed by atoms with van der Waals surface area (Å²) in [6, 6.07) is 6.84. The Balaban J connectivity index is 2.47. The normalized spacial score (nSPS) is 13.2. The maximum Gasteiger partial charge on any atom is 0.123 e. The van der Waals surface area contributed by atoms with Gasteiger partial charge in [0.05, 0.1) is 0 Å². The van der Waals surface area contributed by atoms with Crippen molar-refractivity contribution in [1.29, 1.82) is 0 Å². The summed E-state index contributed by atoms with van der Waals surface area (Å²) in [7, 11) is 0. The quantitative estimate of drug-likeness (QED) is 0.678. The van der Waals surface area contributed by atoms with E-state index in [1.165, 1.54) is 24.1 Å². The van der Waals surface area contributed by atoms with Gasteiger partial charge in [-0.3, -0.25) is 0 Å². The van der Waals surface area contributed by atoms with Gasteiger partial charge < -0.3 is 0 Å². The highest BCUT2D eigenvalue weighted by atomic mass is 19.1. The van der Waals surface area contributed by atoms with Crippen molar-refractivity contribution in [3.8, 4) is 0 Å². The minimum Gasteiger partial charge on any atom is -0.207 e. The second-order valence-electron chi connectivity index (χ2n) is 4.57. The van der Waals surface area contributed by atoms with Gasteiger partial charge >= 0.3 is 0 Å². The molecule has 1 atom stereocenters. The average Bonchev–Trinajstić information content (AvgIpc) is 2.07. The zero-order valence-electron chi connectivity index (χ0n) is 9.26. The Kier molecular flexibility index (Phi) is 4.12. The molecule has 0 aliphatic heterocycles. The summed E-state index contributed by atoms with van der Waals surface area (Å²) < 4.78 is 12.6. The van der Waals surface area contributed by atoms with Gasteiger partial charge in [0.1, 0.15) is 5.82 Å². The summed E-state index contributed by atoms with van der Waals surface area (Å²) in [5.41, 5.74) is 1.24. The van der Waals surface area contributed by atoms with Gasteiger partial charge in [-0.15, -0.1) is 0 Å². The Labute approximate surface area is 86.2 Å². The van der Waals surface area contributed by atoms with Crippen LogP contribution in [0.3, 0.4) is 0 Å². The van der Waals surface area contributed by atoms with Gasteiger partial charge in [0, 0.05) is 0 Å². The summed E-state index contributed by atoms with van der Waals surface area (Å²) in [4.78, 5) is 0. The van der Waals surface area contributed by atoms with E-state index >= 15 is 0 Å². The molecule has 0 N–H and O–H groups in total. The second-order valence-corrected chi connectivity index (χ2v) is 4.57. The van der Waals surface area contributed by atoms with Crippen LogP contribution in [0.2, 0.25) is 0 Å². The lowest BCUT2D eigenvalue weighted by molar-refractivity contribution is 0.437. The van der Waals surface area contributed by atoms with Gasteiger partial charge in [0.25, 0.3) is 0 Å². The van der Waals surface area contributed by atoms with Crippen molar-refractivity contribution in [2.45, 2.75) is 33.6 Å². The van der Waals surface area contributed by atoms with Gasteiger partial charge in [0.2, 0.25) is 0 Å². The van der Waals surface area contributed by atoms with Crippen molar-refractivity contribution in [2.24, 2.45) is 11.8 Å². The van der Waals surface area contributed by atoms with E-state index in [4.69, 9.17) is 0 Å². The SMILES string of the molecule is CC(C)CC(C)Cc1ccc(F)cc1. The standard InChI is InChI=1S/C13H19F/c1-10(2)8-11(3)9-12-4-6-13(14)7-5-12/h4-7,10-11H,8-9H2,1-3H3. The molecule has 0 aromatic heterocycles. The lowest BCUT2D eigenvalue weighted by atomic mass is 9.93. The van der Waals surface area contributed by atoms with Crippen molar-refractivity contribution in [3.05, 3.63) is 35.6 Å². The van der Waals surface area contributed by atoms with E-state index in [9.17, 15) is 4.39 Å². The first-order valence-corrected chi connectivity index (χ1v) is 5.32. The molecule has 14 heavy (non-hydrogen) atoms. The topological polar surface area (TPSA) is 0 Å². The van der Waals surface area contributed by atoms with E-state index in [2.05, 4.69) is 20.8 Å². The zero-order valence-corrected chi connectivity index (χ0v) is 9.26. The lowest BCUT2D eigenvalue weighted by Gasteiger charge is -2.13. The molecule has 1 unspecified atom stereocenters. The van der Waals surface area contributed by atoms with Crippen molar-refractivity contribution in [1.82, 2.24) is 0 Å². The molecule has 0 bridgehead atoms. The van der Waals surface area contributed by atoms with Crippen molar-refractivity contribution >= 4 is 0 Å². The highest BCUT2D eigenvalue weighted by Gasteiger charge is 2.06. The molecule has 0 saturated carbocycles. The Morgan fingerprint density at radius 2 is 1.64 bits per heavy atom. The molecule has 0 heterocycles. The Hall–Kier alpha value is -0.850. The van der Waals surface area contributed by atoms with Crippen LogP contribution < -0.4 is 0 Å². The van der Waals surface area contributed by atoms with E-state index in [0.717, 1.165) is 12.3 Å². The molecular formula is C13H19F. The maximum absolute atomic E-state index is 12.6. The van der Waals surface area contributed by atoms with Crippen molar-refractivity contribution in [3.63, 3.8) is 0 Å². The molecule has 0 spiro atoms. The van der Waals surface area contributed by atoms with Gasteiger partial charge in [-0.2, -0.15) is 0 Å². The van der Waals surface area contributed by atoms with E-state index in [0.29, 0.717) is 5.92 Å². The Bertz CT molecular complexity index is 261. The monoisotopic (exact) mass is 194 g/mol. The molecule has 0 saturated heterocycles. The van der Waals surface area contributed by atoms with Crippen molar-refractivity contribution < 1.29 is 4.39 Å². The highest BCUT2D eigenvalue weighted by Crippen LogP contribution is 2.16. The number of benzene rings is 1. The summed E-state index contributed by atoms with van der Waals surface area (Å²) in [6.07, 6.45) is 2.29. The number of hydrogen-bond donors (Lipinski definition) is 0. The Morgan fingerprint density at radius 1 is 1.07 bits per heavy atom. The summed E-state index contributed by atoms with van der Waals surface area (Å²) in [5.74, 6) is 1.27. The first-order chi connectivity index (χ1) is 6.58. The molecule has 0 aliphatic rings. The third kappa shape index (κ3) is 3.91. The first-order valence-electron chi connectivity index (χ1n) is 5.32. The third-order valence-electron chi connectivity index (χ3n) is 2.37. The average molecular weight is 194 g/mol. The van der Waals surface area contributed by atoms with Crippen LogP contribution in [0.1, 0.15) is 32.8 Å². The first kappa shape index (κ1) is 11.2. The highest BCUT2D eigenvalue weighted by molar-refractivity contribution is 5.16. The van der Waals surface area contributed by atoms with Crippen LogP contribution in [0.4, 0.5) is 4.39 Å². The second kappa shape index (κ2) is 5.14. The van der Waals surface area contributed by atoms with Gasteiger partial charge in [-0.05, 0) is 42.4 Å². The van der Waals surface area contributed by atoms with E-state index in [1.54, 1.807) is 0 Å². The van der Waals surface area contributed by atoms with E-state index in [1.807, 2.05) is 12.1 Å². The van der Waals surface area contributed by atoms with Crippen LogP contribution in [0.25, 0.3) is 0 Å². The maximum atomic E-state index is 12.6. The fourth-order valence-corrected chi connectivity index (χ4v) is 1.91. The Morgan fingerprint density at radius 3 is 2.14 bits per heavy atom. The van der Waals surface area contributed by atoms with Crippen LogP contribution in [0.5, 0.6) is 0 Å². The smallest absolute Gasteiger partial charge is 0.123 e. The van der Waals surface area contributed by atoms with Crippen LogP contribution in [0, 0.1) is 17.7 Å². The van der Waals surface area contributed by atoms with Crippen LogP contribution in [-0.4, -0.2) is 0 Å². The van der Waals surface area contributed by atoms with Gasteiger partial charge in [0.15, 0.2) is 0 Å². The fraction of sp³-hybridized carbons (Fsp3) is 0.538. The minimum absolute atomic E-state index is 0.148. The van der Waals surface area contributed by atoms with Crippen molar-refractivity contribution in [2.75, 3.05) is 0 Å². The molecule has 0 fully saturated rings. The molecule has 0 nitrogen and oxygen atoms in total. The molecular weight excluding hydrogens is 175 g/mol.